The van der Waals surface area contributed by atoms with E-state index in [2.05, 4.69) is 12.2 Å². The monoisotopic (exact) mass is 575 g/mol. The average Bonchev–Trinajstić information content (AvgIpc) is 3.19. The number of allylic oxidation sites excluding steroid dienone is 1. The number of anilines is 1. The number of halogens is 2. The van der Waals surface area contributed by atoms with Crippen LogP contribution in [-0.2, 0) is 9.53 Å². The summed E-state index contributed by atoms with van der Waals surface area (Å²) < 4.78 is 12.1. The molecule has 1 aromatic heterocycles. The number of benzene rings is 2. The molecule has 2 aliphatic heterocycles. The summed E-state index contributed by atoms with van der Waals surface area (Å²) in [5, 5.41) is 23.1. The number of ether oxygens (including phenoxy) is 2. The van der Waals surface area contributed by atoms with Gasteiger partial charge in [0.1, 0.15) is 17.6 Å². The fourth-order valence-electron chi connectivity index (χ4n) is 4.25. The van der Waals surface area contributed by atoms with E-state index < -0.39 is 5.97 Å². The topological polar surface area (TPSA) is 105 Å². The molecule has 5 rings (SSSR count). The first-order valence-electron chi connectivity index (χ1n) is 11.4. The number of aromatic nitrogens is 1. The number of carbonyl (C=O) groups is 1. The number of thioether (sulfide) groups is 1. The van der Waals surface area contributed by atoms with E-state index in [9.17, 15) is 9.90 Å². The molecule has 1 saturated heterocycles. The lowest BCUT2D eigenvalue weighted by molar-refractivity contribution is -0.132. The molecule has 0 aliphatic carbocycles. The van der Waals surface area contributed by atoms with Crippen molar-refractivity contribution in [2.45, 2.75) is 36.3 Å². The van der Waals surface area contributed by atoms with Crippen molar-refractivity contribution in [2.75, 3.05) is 18.5 Å². The van der Waals surface area contributed by atoms with Crippen LogP contribution >= 0.6 is 46.3 Å². The van der Waals surface area contributed by atoms with Crippen LogP contribution in [0.15, 0.2) is 40.2 Å². The molecular formula is C26H23Cl2N3O4S2. The fourth-order valence-corrected chi connectivity index (χ4v) is 7.08. The third-order valence-electron chi connectivity index (χ3n) is 5.99. The highest BCUT2D eigenvalue weighted by atomic mass is 35.5. The molecule has 1 atom stereocenters. The van der Waals surface area contributed by atoms with E-state index in [0.29, 0.717) is 39.7 Å². The highest BCUT2D eigenvalue weighted by Crippen LogP contribution is 2.53. The fraction of sp³-hybridized carbons (Fsp3) is 0.269. The number of carboxylic acids is 1. The second-order valence-electron chi connectivity index (χ2n) is 8.89. The number of hydrogen-bond donors (Lipinski definition) is 3. The van der Waals surface area contributed by atoms with Gasteiger partial charge in [0.2, 0.25) is 0 Å². The summed E-state index contributed by atoms with van der Waals surface area (Å²) >= 11 is 15.6. The van der Waals surface area contributed by atoms with Gasteiger partial charge < -0.3 is 25.3 Å². The zero-order chi connectivity index (χ0) is 26.4. The molecule has 11 heteroatoms. The Morgan fingerprint density at radius 1 is 1.22 bits per heavy atom. The highest BCUT2D eigenvalue weighted by Gasteiger charge is 2.29. The summed E-state index contributed by atoms with van der Waals surface area (Å²) in [6.45, 7) is 6.58. The number of aryl methyl sites for hydroxylation is 1. The van der Waals surface area contributed by atoms with Crippen LogP contribution in [0.25, 0.3) is 16.8 Å². The Kier molecular flexibility index (Phi) is 7.26. The van der Waals surface area contributed by atoms with Crippen molar-refractivity contribution in [1.29, 1.82) is 5.41 Å². The van der Waals surface area contributed by atoms with E-state index in [0.717, 1.165) is 26.6 Å². The van der Waals surface area contributed by atoms with Gasteiger partial charge in [-0.2, -0.15) is 0 Å². The lowest BCUT2D eigenvalue weighted by atomic mass is 9.97. The molecule has 192 valence electrons. The van der Waals surface area contributed by atoms with Crippen LogP contribution < -0.4 is 10.1 Å². The third kappa shape index (κ3) is 5.24. The molecule has 1 unspecified atom stereocenters. The Morgan fingerprint density at radius 2 is 1.95 bits per heavy atom. The zero-order valence-corrected chi connectivity index (χ0v) is 23.3. The van der Waals surface area contributed by atoms with Crippen LogP contribution in [0.5, 0.6) is 5.75 Å². The molecule has 0 amide bonds. The molecule has 3 aromatic rings. The van der Waals surface area contributed by atoms with Crippen molar-refractivity contribution in [3.63, 3.8) is 0 Å². The van der Waals surface area contributed by atoms with Gasteiger partial charge in [-0.1, -0.05) is 40.6 Å². The Labute approximate surface area is 232 Å². The lowest BCUT2D eigenvalue weighted by Gasteiger charge is -2.27. The summed E-state index contributed by atoms with van der Waals surface area (Å²) in [6.07, 6.45) is -0.0342. The second kappa shape index (κ2) is 10.3. The normalized spacial score (nSPS) is 17.3. The molecule has 7 nitrogen and oxygen atoms in total. The quantitative estimate of drug-likeness (QED) is 0.200. The zero-order valence-electron chi connectivity index (χ0n) is 20.1. The number of aliphatic carboxylic acids is 1. The average molecular weight is 577 g/mol. The molecule has 37 heavy (non-hydrogen) atoms. The van der Waals surface area contributed by atoms with E-state index in [1.807, 2.05) is 25.1 Å². The standard InChI is InChI=1S/C26H23Cl2N3O4S2/c1-11-4-14(6-15(5-11)35-16-9-34-10-16)21(12(2)29)23(24(32)33)31-26-30-22-18-8-20(28)19(27)7-17(18)13(3)36-25(22)37-26/h4-8,13,16,29H,9-10H2,1-3H3,(H,30,31)(H,32,33)/b23-21+,29-12?. The van der Waals surface area contributed by atoms with Gasteiger partial charge in [0.15, 0.2) is 5.13 Å². The summed E-state index contributed by atoms with van der Waals surface area (Å²) in [6, 6.07) is 9.15. The number of nitrogens with one attached hydrogen (secondary N) is 2. The molecule has 3 heterocycles. The van der Waals surface area contributed by atoms with Crippen LogP contribution in [0.2, 0.25) is 10.0 Å². The Morgan fingerprint density at radius 3 is 2.59 bits per heavy atom. The van der Waals surface area contributed by atoms with Gasteiger partial charge in [-0.3, -0.25) is 0 Å². The number of hydrogen-bond acceptors (Lipinski definition) is 8. The van der Waals surface area contributed by atoms with Crippen LogP contribution in [0.1, 0.15) is 35.8 Å². The van der Waals surface area contributed by atoms with E-state index in [1.54, 1.807) is 30.8 Å². The van der Waals surface area contributed by atoms with E-state index in [4.69, 9.17) is 43.1 Å². The Balaban J connectivity index is 1.56. The molecule has 2 aromatic carbocycles. The lowest BCUT2D eigenvalue weighted by Crippen LogP contribution is -2.38. The van der Waals surface area contributed by atoms with E-state index in [-0.39, 0.29) is 28.3 Å². The maximum absolute atomic E-state index is 12.5. The predicted molar refractivity (Wildman–Crippen MR) is 150 cm³/mol. The number of fused-ring (bicyclic) bond motifs is 3. The van der Waals surface area contributed by atoms with Gasteiger partial charge in [-0.15, -0.1) is 11.8 Å². The summed E-state index contributed by atoms with van der Waals surface area (Å²) in [5.74, 6) is -0.587. The minimum atomic E-state index is -1.19. The largest absolute Gasteiger partial charge is 0.486 e. The van der Waals surface area contributed by atoms with Crippen molar-refractivity contribution < 1.29 is 19.4 Å². The summed E-state index contributed by atoms with van der Waals surface area (Å²) in [5.41, 5.74) is 4.33. The number of rotatable bonds is 7. The summed E-state index contributed by atoms with van der Waals surface area (Å²) in [7, 11) is 0. The van der Waals surface area contributed by atoms with Crippen LogP contribution in [0.3, 0.4) is 0 Å². The molecule has 1 fully saturated rings. The van der Waals surface area contributed by atoms with Gasteiger partial charge in [-0.05, 0) is 61.7 Å². The molecule has 3 N–H and O–H groups in total. The van der Waals surface area contributed by atoms with Crippen molar-refractivity contribution in [3.8, 4) is 17.0 Å². The van der Waals surface area contributed by atoms with Crippen LogP contribution in [0, 0.1) is 12.3 Å². The van der Waals surface area contributed by atoms with Crippen molar-refractivity contribution in [1.82, 2.24) is 4.98 Å². The first-order valence-corrected chi connectivity index (χ1v) is 13.9. The minimum Gasteiger partial charge on any atom is -0.486 e. The van der Waals surface area contributed by atoms with Gasteiger partial charge in [-0.25, -0.2) is 9.78 Å². The van der Waals surface area contributed by atoms with Crippen LogP contribution in [-0.4, -0.2) is 41.1 Å². The number of thiazole rings is 1. The Bertz CT molecular complexity index is 1470. The summed E-state index contributed by atoms with van der Waals surface area (Å²) in [4.78, 5) is 17.2. The first kappa shape index (κ1) is 26.1. The molecule has 0 bridgehead atoms. The highest BCUT2D eigenvalue weighted by molar-refractivity contribution is 8.01. The van der Waals surface area contributed by atoms with Gasteiger partial charge in [0.25, 0.3) is 0 Å². The molecular weight excluding hydrogens is 553 g/mol. The molecule has 0 radical (unpaired) electrons. The third-order valence-corrected chi connectivity index (χ3v) is 9.03. The Hall–Kier alpha value is -2.56. The molecule has 0 spiro atoms. The van der Waals surface area contributed by atoms with E-state index >= 15 is 0 Å². The predicted octanol–water partition coefficient (Wildman–Crippen LogP) is 7.32. The van der Waals surface area contributed by atoms with Crippen molar-refractivity contribution in [3.05, 3.63) is 62.8 Å². The number of carboxylic acid groups (broad SMARTS) is 1. The first-order chi connectivity index (χ1) is 17.6. The van der Waals surface area contributed by atoms with Crippen LogP contribution in [0.4, 0.5) is 5.13 Å². The maximum atomic E-state index is 12.5. The molecule has 2 aliphatic rings. The smallest absolute Gasteiger partial charge is 0.353 e. The number of nitrogens with zero attached hydrogens (tertiary/aromatic N) is 1. The van der Waals surface area contributed by atoms with Gasteiger partial charge >= 0.3 is 5.97 Å². The van der Waals surface area contributed by atoms with Gasteiger partial charge in [0, 0.05) is 22.1 Å². The van der Waals surface area contributed by atoms with Crippen molar-refractivity contribution in [2.24, 2.45) is 0 Å². The molecule has 0 saturated carbocycles. The van der Waals surface area contributed by atoms with Crippen molar-refractivity contribution >= 4 is 68.7 Å². The minimum absolute atomic E-state index is 0.0342. The maximum Gasteiger partial charge on any atom is 0.353 e. The second-order valence-corrected chi connectivity index (χ2v) is 12.3. The van der Waals surface area contributed by atoms with E-state index in [1.165, 1.54) is 11.3 Å². The van der Waals surface area contributed by atoms with Gasteiger partial charge in [0.05, 0.1) is 33.2 Å². The SMILES string of the molecule is CC(=N)/C(=C(\Nc1nc2c(s1)SC(C)c1cc(Cl)c(Cl)cc1-2)C(=O)O)c1cc(C)cc(OC2COC2)c1.